The van der Waals surface area contributed by atoms with Crippen LogP contribution in [0.3, 0.4) is 0 Å². The fourth-order valence-corrected chi connectivity index (χ4v) is 2.76. The Balaban J connectivity index is 3.23. The largest absolute Gasteiger partial charge is 0.261 e. The highest BCUT2D eigenvalue weighted by Gasteiger charge is 2.26. The van der Waals surface area contributed by atoms with Crippen LogP contribution in [-0.2, 0) is 16.4 Å². The van der Waals surface area contributed by atoms with Crippen LogP contribution in [-0.4, -0.2) is 18.9 Å². The maximum atomic E-state index is 13.5. The molecule has 1 heterocycles. The van der Waals surface area contributed by atoms with Crippen molar-refractivity contribution in [2.45, 2.75) is 44.7 Å². The van der Waals surface area contributed by atoms with Gasteiger partial charge in [0.1, 0.15) is 0 Å². The van der Waals surface area contributed by atoms with Gasteiger partial charge in [-0.2, -0.15) is 0 Å². The first kappa shape index (κ1) is 14.1. The zero-order valence-electron chi connectivity index (χ0n) is 10.4. The standard InChI is InChI=1S/C11H17FN2O2S/c1-5-8-6-7-9(12)10(13-8)17(15,16)14-11(2,3)4/h6-7,14H,5H2,1-4H3. The first-order valence-corrected chi connectivity index (χ1v) is 6.83. The molecule has 1 N–H and O–H groups in total. The van der Waals surface area contributed by atoms with Crippen LogP contribution in [0.15, 0.2) is 17.2 Å². The molecule has 1 aromatic rings. The lowest BCUT2D eigenvalue weighted by Crippen LogP contribution is -2.41. The highest BCUT2D eigenvalue weighted by molar-refractivity contribution is 7.89. The van der Waals surface area contributed by atoms with Gasteiger partial charge in [-0.05, 0) is 39.3 Å². The summed E-state index contributed by atoms with van der Waals surface area (Å²) >= 11 is 0. The van der Waals surface area contributed by atoms with Gasteiger partial charge in [0.2, 0.25) is 5.03 Å². The summed E-state index contributed by atoms with van der Waals surface area (Å²) in [7, 11) is -3.92. The lowest BCUT2D eigenvalue weighted by Gasteiger charge is -2.20. The Labute approximate surface area is 101 Å². The van der Waals surface area contributed by atoms with Crippen LogP contribution in [0.2, 0.25) is 0 Å². The molecule has 0 fully saturated rings. The van der Waals surface area contributed by atoms with Crippen LogP contribution in [0.25, 0.3) is 0 Å². The molecular weight excluding hydrogens is 243 g/mol. The Kier molecular flexibility index (Phi) is 3.88. The Hall–Kier alpha value is -1.01. The fourth-order valence-electron chi connectivity index (χ4n) is 1.30. The molecule has 0 saturated carbocycles. The Morgan fingerprint density at radius 1 is 1.35 bits per heavy atom. The second kappa shape index (κ2) is 4.70. The van der Waals surface area contributed by atoms with E-state index in [9.17, 15) is 12.8 Å². The molecule has 0 saturated heterocycles. The van der Waals surface area contributed by atoms with Crippen LogP contribution in [0, 0.1) is 5.82 Å². The number of nitrogens with zero attached hydrogens (tertiary/aromatic N) is 1. The molecule has 0 atom stereocenters. The summed E-state index contributed by atoms with van der Waals surface area (Å²) in [6.45, 7) is 6.89. The smallest absolute Gasteiger partial charge is 0.237 e. The van der Waals surface area contributed by atoms with Gasteiger partial charge in [0.15, 0.2) is 5.82 Å². The first-order chi connectivity index (χ1) is 7.65. The van der Waals surface area contributed by atoms with Crippen LogP contribution in [0.1, 0.15) is 33.4 Å². The minimum absolute atomic E-state index is 0.535. The van der Waals surface area contributed by atoms with Crippen molar-refractivity contribution < 1.29 is 12.8 Å². The summed E-state index contributed by atoms with van der Waals surface area (Å²) in [6, 6.07) is 2.61. The zero-order chi connectivity index (χ0) is 13.3. The van der Waals surface area contributed by atoms with Gasteiger partial charge < -0.3 is 0 Å². The average molecular weight is 260 g/mol. The van der Waals surface area contributed by atoms with E-state index in [0.29, 0.717) is 12.1 Å². The van der Waals surface area contributed by atoms with E-state index in [2.05, 4.69) is 9.71 Å². The SMILES string of the molecule is CCc1ccc(F)c(S(=O)(=O)NC(C)(C)C)n1. The summed E-state index contributed by atoms with van der Waals surface area (Å²) in [5.41, 5.74) is -0.129. The lowest BCUT2D eigenvalue weighted by molar-refractivity contribution is 0.481. The van der Waals surface area contributed by atoms with E-state index in [-0.39, 0.29) is 0 Å². The van der Waals surface area contributed by atoms with Crippen LogP contribution in [0.5, 0.6) is 0 Å². The Bertz CT molecular complexity index is 507. The van der Waals surface area contributed by atoms with E-state index in [4.69, 9.17) is 0 Å². The summed E-state index contributed by atoms with van der Waals surface area (Å²) in [4.78, 5) is 3.82. The molecule has 6 heteroatoms. The Morgan fingerprint density at radius 3 is 2.41 bits per heavy atom. The number of hydrogen-bond acceptors (Lipinski definition) is 3. The molecule has 0 aliphatic rings. The van der Waals surface area contributed by atoms with Crippen molar-refractivity contribution in [3.63, 3.8) is 0 Å². The molecule has 0 unspecified atom stereocenters. The van der Waals surface area contributed by atoms with Crippen LogP contribution in [0.4, 0.5) is 4.39 Å². The van der Waals surface area contributed by atoms with Crippen LogP contribution >= 0.6 is 0 Å². The third-order valence-electron chi connectivity index (χ3n) is 1.93. The number of pyridine rings is 1. The second-order valence-electron chi connectivity index (χ2n) is 4.80. The number of rotatable bonds is 3. The van der Waals surface area contributed by atoms with Gasteiger partial charge in [0.25, 0.3) is 10.0 Å². The molecule has 1 rings (SSSR count). The topological polar surface area (TPSA) is 59.1 Å². The highest BCUT2D eigenvalue weighted by Crippen LogP contribution is 2.15. The molecule has 4 nitrogen and oxygen atoms in total. The monoisotopic (exact) mass is 260 g/mol. The van der Waals surface area contributed by atoms with Crippen LogP contribution < -0.4 is 4.72 Å². The van der Waals surface area contributed by atoms with Crippen molar-refractivity contribution in [2.75, 3.05) is 0 Å². The van der Waals surface area contributed by atoms with Crippen molar-refractivity contribution in [3.8, 4) is 0 Å². The summed E-state index contributed by atoms with van der Waals surface area (Å²) in [5.74, 6) is -0.834. The molecule has 96 valence electrons. The number of nitrogens with one attached hydrogen (secondary N) is 1. The first-order valence-electron chi connectivity index (χ1n) is 5.35. The maximum absolute atomic E-state index is 13.5. The molecular formula is C11H17FN2O2S. The molecule has 0 bridgehead atoms. The van der Waals surface area contributed by atoms with Gasteiger partial charge in [-0.15, -0.1) is 0 Å². The van der Waals surface area contributed by atoms with Crippen molar-refractivity contribution in [3.05, 3.63) is 23.6 Å². The van der Waals surface area contributed by atoms with Gasteiger partial charge >= 0.3 is 0 Å². The minimum atomic E-state index is -3.92. The second-order valence-corrected chi connectivity index (χ2v) is 6.40. The van der Waals surface area contributed by atoms with E-state index >= 15 is 0 Å². The molecule has 0 aromatic carbocycles. The predicted molar refractivity (Wildman–Crippen MR) is 63.6 cm³/mol. The van der Waals surface area contributed by atoms with E-state index in [0.717, 1.165) is 6.07 Å². The number of aryl methyl sites for hydroxylation is 1. The zero-order valence-corrected chi connectivity index (χ0v) is 11.2. The number of sulfonamides is 1. The third-order valence-corrected chi connectivity index (χ3v) is 3.61. The number of halogens is 1. The predicted octanol–water partition coefficient (Wildman–Crippen LogP) is 1.86. The third kappa shape index (κ3) is 3.74. The minimum Gasteiger partial charge on any atom is -0.237 e. The van der Waals surface area contributed by atoms with Crippen molar-refractivity contribution in [1.29, 1.82) is 0 Å². The van der Waals surface area contributed by atoms with Gasteiger partial charge in [0, 0.05) is 11.2 Å². The van der Waals surface area contributed by atoms with Gasteiger partial charge in [0.05, 0.1) is 0 Å². The Morgan fingerprint density at radius 2 is 1.94 bits per heavy atom. The summed E-state index contributed by atoms with van der Waals surface area (Å²) in [5, 5.41) is -0.535. The molecule has 0 aliphatic carbocycles. The molecule has 1 aromatic heterocycles. The summed E-state index contributed by atoms with van der Waals surface area (Å²) in [6.07, 6.45) is 0.554. The van der Waals surface area contributed by atoms with Crippen molar-refractivity contribution in [1.82, 2.24) is 9.71 Å². The molecule has 0 radical (unpaired) electrons. The normalized spacial score (nSPS) is 12.8. The number of aromatic nitrogens is 1. The van der Waals surface area contributed by atoms with E-state index in [1.54, 1.807) is 20.8 Å². The van der Waals surface area contributed by atoms with Crippen molar-refractivity contribution in [2.24, 2.45) is 0 Å². The van der Waals surface area contributed by atoms with E-state index < -0.39 is 26.4 Å². The molecule has 0 amide bonds. The number of hydrogen-bond donors (Lipinski definition) is 1. The quantitative estimate of drug-likeness (QED) is 0.902. The molecule has 0 aliphatic heterocycles. The maximum Gasteiger partial charge on any atom is 0.261 e. The average Bonchev–Trinajstić information content (AvgIpc) is 2.14. The summed E-state index contributed by atoms with van der Waals surface area (Å²) < 4.78 is 39.7. The molecule has 0 spiro atoms. The van der Waals surface area contributed by atoms with E-state index in [1.165, 1.54) is 6.07 Å². The van der Waals surface area contributed by atoms with E-state index in [1.807, 2.05) is 6.92 Å². The lowest BCUT2D eigenvalue weighted by atomic mass is 10.1. The molecule has 17 heavy (non-hydrogen) atoms. The van der Waals surface area contributed by atoms with Gasteiger partial charge in [-0.3, -0.25) is 0 Å². The van der Waals surface area contributed by atoms with Gasteiger partial charge in [-0.25, -0.2) is 22.5 Å². The highest BCUT2D eigenvalue weighted by atomic mass is 32.2. The fraction of sp³-hybridized carbons (Fsp3) is 0.545. The van der Waals surface area contributed by atoms with Crippen molar-refractivity contribution >= 4 is 10.0 Å². The van der Waals surface area contributed by atoms with Gasteiger partial charge in [-0.1, -0.05) is 6.92 Å².